The molecule has 0 aromatic carbocycles. The Hall–Kier alpha value is -1.99. The van der Waals surface area contributed by atoms with Gasteiger partial charge in [-0.2, -0.15) is 5.26 Å². The van der Waals surface area contributed by atoms with E-state index in [1.807, 2.05) is 6.07 Å². The van der Waals surface area contributed by atoms with E-state index >= 15 is 0 Å². The van der Waals surface area contributed by atoms with Crippen LogP contribution in [0.15, 0.2) is 17.3 Å². The second kappa shape index (κ2) is 5.09. The van der Waals surface area contributed by atoms with Crippen molar-refractivity contribution in [1.82, 2.24) is 9.80 Å². The standard InChI is InChI=1S/C12H14N4O5/c13-3-6-4-16-8(14-6)1-2-15(12(16)20)11-10(19)9(18)7(5-17)21-11/h1-2,6-7,9-11,17-19H,4-5H2/t6-,7-,9-,10-,11-/m1/s1. The maximum atomic E-state index is 12.4. The number of aliphatic imine (C=N–C) groups is 1. The van der Waals surface area contributed by atoms with Crippen LogP contribution in [0.4, 0.5) is 4.79 Å². The van der Waals surface area contributed by atoms with Crippen LogP contribution in [0.1, 0.15) is 0 Å². The first-order chi connectivity index (χ1) is 10.1. The van der Waals surface area contributed by atoms with Crippen molar-refractivity contribution in [3.05, 3.63) is 12.3 Å². The molecule has 0 unspecified atom stereocenters. The molecule has 2 amide bonds. The molecule has 3 heterocycles. The Morgan fingerprint density at radius 3 is 2.86 bits per heavy atom. The van der Waals surface area contributed by atoms with E-state index in [0.29, 0.717) is 5.84 Å². The van der Waals surface area contributed by atoms with Gasteiger partial charge in [0.1, 0.15) is 24.1 Å². The lowest BCUT2D eigenvalue weighted by Crippen LogP contribution is -2.53. The average molecular weight is 294 g/mol. The molecule has 1 saturated heterocycles. The summed E-state index contributed by atoms with van der Waals surface area (Å²) in [6.45, 7) is -0.326. The molecular formula is C12H14N4O5. The third-order valence-electron chi connectivity index (χ3n) is 3.70. The Kier molecular flexibility index (Phi) is 3.38. The predicted octanol–water partition coefficient (Wildman–Crippen LogP) is -2.02. The number of urea groups is 1. The van der Waals surface area contributed by atoms with Crippen LogP contribution in [-0.2, 0) is 4.74 Å². The highest BCUT2D eigenvalue weighted by Gasteiger charge is 2.48. The van der Waals surface area contributed by atoms with E-state index in [4.69, 9.17) is 15.1 Å². The number of carbonyl (C=O) groups excluding carboxylic acids is 1. The molecular weight excluding hydrogens is 280 g/mol. The van der Waals surface area contributed by atoms with E-state index < -0.39 is 43.2 Å². The number of nitrogens with zero attached hydrogens (tertiary/aromatic N) is 4. The van der Waals surface area contributed by atoms with Gasteiger partial charge in [-0.15, -0.1) is 0 Å². The van der Waals surface area contributed by atoms with Crippen LogP contribution in [0.25, 0.3) is 0 Å². The number of amidine groups is 1. The highest BCUT2D eigenvalue weighted by atomic mass is 16.6. The normalized spacial score (nSPS) is 38.5. The smallest absolute Gasteiger partial charge is 0.331 e. The fourth-order valence-corrected chi connectivity index (χ4v) is 2.57. The van der Waals surface area contributed by atoms with Gasteiger partial charge in [0, 0.05) is 6.20 Å². The van der Waals surface area contributed by atoms with Crippen LogP contribution in [0.3, 0.4) is 0 Å². The van der Waals surface area contributed by atoms with Gasteiger partial charge in [0.05, 0.1) is 19.2 Å². The third-order valence-corrected chi connectivity index (χ3v) is 3.70. The van der Waals surface area contributed by atoms with Crippen LogP contribution >= 0.6 is 0 Å². The molecule has 9 nitrogen and oxygen atoms in total. The van der Waals surface area contributed by atoms with E-state index in [1.54, 1.807) is 0 Å². The van der Waals surface area contributed by atoms with Gasteiger partial charge in [-0.05, 0) is 6.08 Å². The van der Waals surface area contributed by atoms with Crippen LogP contribution in [0.5, 0.6) is 0 Å². The topological polar surface area (TPSA) is 130 Å². The summed E-state index contributed by atoms with van der Waals surface area (Å²) < 4.78 is 5.32. The molecule has 3 rings (SSSR count). The van der Waals surface area contributed by atoms with E-state index in [0.717, 1.165) is 4.90 Å². The first-order valence-electron chi connectivity index (χ1n) is 6.44. The third kappa shape index (κ3) is 2.09. The zero-order valence-electron chi connectivity index (χ0n) is 10.9. The van der Waals surface area contributed by atoms with Crippen molar-refractivity contribution in [3.8, 4) is 6.07 Å². The first kappa shape index (κ1) is 14.0. The fraction of sp³-hybridized carbons (Fsp3) is 0.583. The summed E-state index contributed by atoms with van der Waals surface area (Å²) in [7, 11) is 0. The monoisotopic (exact) mass is 294 g/mol. The lowest BCUT2D eigenvalue weighted by atomic mass is 10.1. The number of ether oxygens (including phenoxy) is 1. The molecule has 9 heteroatoms. The number of aliphatic hydroxyl groups is 3. The summed E-state index contributed by atoms with van der Waals surface area (Å²) in [5.41, 5.74) is 0. The second-order valence-corrected chi connectivity index (χ2v) is 4.98. The van der Waals surface area contributed by atoms with Crippen molar-refractivity contribution in [2.45, 2.75) is 30.6 Å². The van der Waals surface area contributed by atoms with Gasteiger partial charge in [-0.25, -0.2) is 9.79 Å². The molecule has 3 N–H and O–H groups in total. The number of fused-ring (bicyclic) bond motifs is 1. The Labute approximate surface area is 120 Å². The molecule has 21 heavy (non-hydrogen) atoms. The molecule has 0 bridgehead atoms. The summed E-state index contributed by atoms with van der Waals surface area (Å²) in [4.78, 5) is 18.9. The SMILES string of the molecule is N#C[C@@H]1CN2C(=O)N([C@@H]3O[C@H](CO)[C@@H](O)[C@H]3O)C=CC2=N1. The van der Waals surface area contributed by atoms with Crippen molar-refractivity contribution in [2.24, 2.45) is 4.99 Å². The van der Waals surface area contributed by atoms with Crippen LogP contribution in [0, 0.1) is 11.3 Å². The van der Waals surface area contributed by atoms with Crippen LogP contribution < -0.4 is 0 Å². The Bertz CT molecular complexity index is 556. The van der Waals surface area contributed by atoms with Crippen molar-refractivity contribution in [1.29, 1.82) is 5.26 Å². The fourth-order valence-electron chi connectivity index (χ4n) is 2.57. The molecule has 0 spiro atoms. The van der Waals surface area contributed by atoms with Gasteiger partial charge >= 0.3 is 6.03 Å². The van der Waals surface area contributed by atoms with Crippen molar-refractivity contribution in [2.75, 3.05) is 13.2 Å². The zero-order valence-corrected chi connectivity index (χ0v) is 10.9. The highest BCUT2D eigenvalue weighted by Crippen LogP contribution is 2.28. The van der Waals surface area contributed by atoms with E-state index in [1.165, 1.54) is 17.2 Å². The molecule has 0 aliphatic carbocycles. The molecule has 0 aromatic rings. The maximum absolute atomic E-state index is 12.4. The number of hydrogen-bond acceptors (Lipinski definition) is 7. The number of amides is 2. The van der Waals surface area contributed by atoms with Gasteiger partial charge in [0.15, 0.2) is 12.3 Å². The minimum Gasteiger partial charge on any atom is -0.394 e. The minimum absolute atomic E-state index is 0.139. The average Bonchev–Trinajstić information content (AvgIpc) is 3.03. The number of nitriles is 1. The molecule has 3 aliphatic rings. The number of hydrogen-bond donors (Lipinski definition) is 3. The van der Waals surface area contributed by atoms with Crippen molar-refractivity contribution >= 4 is 11.9 Å². The van der Waals surface area contributed by atoms with Crippen molar-refractivity contribution in [3.63, 3.8) is 0 Å². The lowest BCUT2D eigenvalue weighted by Gasteiger charge is -2.33. The molecule has 0 radical (unpaired) electrons. The molecule has 3 aliphatic heterocycles. The van der Waals surface area contributed by atoms with Gasteiger partial charge in [0.2, 0.25) is 0 Å². The maximum Gasteiger partial charge on any atom is 0.331 e. The van der Waals surface area contributed by atoms with Crippen molar-refractivity contribution < 1.29 is 24.9 Å². The summed E-state index contributed by atoms with van der Waals surface area (Å²) >= 11 is 0. The van der Waals surface area contributed by atoms with Crippen LogP contribution in [-0.4, -0.2) is 80.7 Å². The van der Waals surface area contributed by atoms with Crippen LogP contribution in [0.2, 0.25) is 0 Å². The quantitative estimate of drug-likeness (QED) is 0.539. The lowest BCUT2D eigenvalue weighted by molar-refractivity contribution is -0.0675. The van der Waals surface area contributed by atoms with E-state index in [-0.39, 0.29) is 6.54 Å². The second-order valence-electron chi connectivity index (χ2n) is 4.98. The molecule has 5 atom stereocenters. The molecule has 0 aromatic heterocycles. The van der Waals surface area contributed by atoms with Gasteiger partial charge in [-0.1, -0.05) is 0 Å². The van der Waals surface area contributed by atoms with E-state index in [2.05, 4.69) is 4.99 Å². The predicted molar refractivity (Wildman–Crippen MR) is 67.7 cm³/mol. The van der Waals surface area contributed by atoms with Gasteiger partial charge in [0.25, 0.3) is 0 Å². The summed E-state index contributed by atoms with van der Waals surface area (Å²) in [5, 5.41) is 37.6. The number of rotatable bonds is 2. The Balaban J connectivity index is 1.81. The highest BCUT2D eigenvalue weighted by molar-refractivity contribution is 6.07. The van der Waals surface area contributed by atoms with E-state index in [9.17, 15) is 15.0 Å². The Morgan fingerprint density at radius 2 is 2.24 bits per heavy atom. The minimum atomic E-state index is -1.33. The first-order valence-corrected chi connectivity index (χ1v) is 6.44. The molecule has 1 fully saturated rings. The van der Waals surface area contributed by atoms with Gasteiger partial charge in [-0.3, -0.25) is 9.80 Å². The Morgan fingerprint density at radius 1 is 1.48 bits per heavy atom. The number of carbonyl (C=O) groups is 1. The number of aliphatic hydroxyl groups excluding tert-OH is 3. The summed E-state index contributed by atoms with van der Waals surface area (Å²) in [6.07, 6.45) is -1.73. The summed E-state index contributed by atoms with van der Waals surface area (Å²) in [6, 6.07) is 0.861. The van der Waals surface area contributed by atoms with Gasteiger partial charge < -0.3 is 20.1 Å². The molecule has 0 saturated carbocycles. The largest absolute Gasteiger partial charge is 0.394 e. The summed E-state index contributed by atoms with van der Waals surface area (Å²) in [5.74, 6) is 0.384. The molecule has 112 valence electrons. The zero-order chi connectivity index (χ0) is 15.1.